The van der Waals surface area contributed by atoms with E-state index in [1.54, 1.807) is 13.2 Å². The first-order chi connectivity index (χ1) is 15.2. The molecule has 0 bridgehead atoms. The standard InChI is InChI=1S/C23H27N5O3/c1-31-14-13-27-23(30)28(18-9-10-18)21(25-27)17-6-4-12-26(15-17)22(29)20-11-8-16-5-2-3-7-19(16)24-20/h2-3,5,7-8,11,17-18H,4,6,9-10,12-15H2,1H3. The van der Waals surface area contributed by atoms with E-state index >= 15 is 0 Å². The number of piperidine rings is 1. The van der Waals surface area contributed by atoms with Gasteiger partial charge in [-0.1, -0.05) is 24.3 Å². The van der Waals surface area contributed by atoms with Crippen LogP contribution in [-0.2, 0) is 11.3 Å². The Labute approximate surface area is 180 Å². The molecule has 2 fully saturated rings. The number of nitrogens with zero attached hydrogens (tertiary/aromatic N) is 5. The van der Waals surface area contributed by atoms with Gasteiger partial charge in [0.2, 0.25) is 0 Å². The van der Waals surface area contributed by atoms with Crippen molar-refractivity contribution in [3.8, 4) is 0 Å². The fraction of sp³-hybridized carbons (Fsp3) is 0.478. The third kappa shape index (κ3) is 3.87. The zero-order chi connectivity index (χ0) is 21.4. The number of fused-ring (bicyclic) bond motifs is 1. The summed E-state index contributed by atoms with van der Waals surface area (Å²) in [5.74, 6) is 0.803. The molecular weight excluding hydrogens is 394 g/mol. The van der Waals surface area contributed by atoms with Gasteiger partial charge in [0.15, 0.2) is 0 Å². The number of para-hydroxylation sites is 1. The molecule has 3 heterocycles. The first-order valence-corrected chi connectivity index (χ1v) is 11.0. The molecule has 3 aromatic rings. The molecule has 1 aliphatic heterocycles. The van der Waals surface area contributed by atoms with E-state index in [2.05, 4.69) is 10.1 Å². The summed E-state index contributed by atoms with van der Waals surface area (Å²) in [4.78, 5) is 32.6. The maximum absolute atomic E-state index is 13.2. The molecular formula is C23H27N5O3. The van der Waals surface area contributed by atoms with Crippen LogP contribution < -0.4 is 5.69 Å². The Hall–Kier alpha value is -3.00. The Kier molecular flexibility index (Phi) is 5.31. The van der Waals surface area contributed by atoms with Gasteiger partial charge < -0.3 is 9.64 Å². The molecule has 1 atom stereocenters. The molecule has 8 nitrogen and oxygen atoms in total. The minimum atomic E-state index is -0.0609. The molecule has 162 valence electrons. The van der Waals surface area contributed by atoms with Gasteiger partial charge in [0.1, 0.15) is 11.5 Å². The van der Waals surface area contributed by atoms with Gasteiger partial charge in [0.05, 0.1) is 18.7 Å². The largest absolute Gasteiger partial charge is 0.383 e. The Morgan fingerprint density at radius 1 is 1.16 bits per heavy atom. The second kappa shape index (κ2) is 8.26. The molecule has 0 N–H and O–H groups in total. The van der Waals surface area contributed by atoms with Gasteiger partial charge in [0.25, 0.3) is 5.91 Å². The topological polar surface area (TPSA) is 82.2 Å². The highest BCUT2D eigenvalue weighted by atomic mass is 16.5. The van der Waals surface area contributed by atoms with E-state index in [-0.39, 0.29) is 23.6 Å². The van der Waals surface area contributed by atoms with E-state index in [1.807, 2.05) is 39.8 Å². The third-order valence-corrected chi connectivity index (χ3v) is 6.21. The average molecular weight is 422 g/mol. The Balaban J connectivity index is 1.40. The van der Waals surface area contributed by atoms with Crippen molar-refractivity contribution < 1.29 is 9.53 Å². The number of hydrogen-bond acceptors (Lipinski definition) is 5. The van der Waals surface area contributed by atoms with Crippen molar-refractivity contribution in [1.82, 2.24) is 24.2 Å². The fourth-order valence-electron chi connectivity index (χ4n) is 4.43. The number of rotatable bonds is 6. The maximum Gasteiger partial charge on any atom is 0.346 e. The van der Waals surface area contributed by atoms with Crippen LogP contribution in [0.1, 0.15) is 54.0 Å². The Bertz CT molecular complexity index is 1160. The van der Waals surface area contributed by atoms with Crippen LogP contribution in [0.5, 0.6) is 0 Å². The average Bonchev–Trinajstić information content (AvgIpc) is 3.60. The quantitative estimate of drug-likeness (QED) is 0.611. The van der Waals surface area contributed by atoms with Gasteiger partial charge >= 0.3 is 5.69 Å². The van der Waals surface area contributed by atoms with E-state index in [4.69, 9.17) is 4.74 Å². The maximum atomic E-state index is 13.2. The number of pyridine rings is 1. The number of amides is 1. The number of aromatic nitrogens is 4. The molecule has 1 aromatic carbocycles. The predicted molar refractivity (Wildman–Crippen MR) is 116 cm³/mol. The summed E-state index contributed by atoms with van der Waals surface area (Å²) in [5, 5.41) is 5.69. The van der Waals surface area contributed by atoms with Crippen LogP contribution in [-0.4, -0.2) is 56.9 Å². The minimum absolute atomic E-state index is 0.0512. The Morgan fingerprint density at radius 2 is 2.00 bits per heavy atom. The molecule has 2 aliphatic rings. The summed E-state index contributed by atoms with van der Waals surface area (Å²) in [6.45, 7) is 2.14. The number of hydrogen-bond donors (Lipinski definition) is 0. The van der Waals surface area contributed by atoms with Gasteiger partial charge in [0, 0.05) is 37.5 Å². The highest BCUT2D eigenvalue weighted by molar-refractivity contribution is 5.95. The second-order valence-corrected chi connectivity index (χ2v) is 8.44. The minimum Gasteiger partial charge on any atom is -0.383 e. The van der Waals surface area contributed by atoms with E-state index in [9.17, 15) is 9.59 Å². The van der Waals surface area contributed by atoms with Crippen LogP contribution in [0.3, 0.4) is 0 Å². The van der Waals surface area contributed by atoms with Gasteiger partial charge in [-0.25, -0.2) is 14.5 Å². The number of ether oxygens (including phenoxy) is 1. The summed E-state index contributed by atoms with van der Waals surface area (Å²) in [6, 6.07) is 11.8. The van der Waals surface area contributed by atoms with Gasteiger partial charge in [-0.15, -0.1) is 0 Å². The monoisotopic (exact) mass is 421 g/mol. The lowest BCUT2D eigenvalue weighted by molar-refractivity contribution is 0.0697. The van der Waals surface area contributed by atoms with Crippen molar-refractivity contribution in [1.29, 1.82) is 0 Å². The SMILES string of the molecule is COCCn1nc(C2CCCN(C(=O)c3ccc4ccccc4n3)C2)n(C2CC2)c1=O. The zero-order valence-corrected chi connectivity index (χ0v) is 17.7. The fourth-order valence-corrected chi connectivity index (χ4v) is 4.43. The summed E-state index contributed by atoms with van der Waals surface area (Å²) in [5.41, 5.74) is 1.22. The first-order valence-electron chi connectivity index (χ1n) is 11.0. The summed E-state index contributed by atoms with van der Waals surface area (Å²) in [6.07, 6.45) is 3.83. The molecule has 8 heteroatoms. The van der Waals surface area contributed by atoms with Crippen molar-refractivity contribution in [2.24, 2.45) is 0 Å². The van der Waals surface area contributed by atoms with Gasteiger partial charge in [-0.05, 0) is 37.8 Å². The predicted octanol–water partition coefficient (Wildman–Crippen LogP) is 2.59. The van der Waals surface area contributed by atoms with Crippen LogP contribution in [0.15, 0.2) is 41.2 Å². The van der Waals surface area contributed by atoms with Crippen molar-refractivity contribution in [3.63, 3.8) is 0 Å². The van der Waals surface area contributed by atoms with Crippen LogP contribution in [0.4, 0.5) is 0 Å². The van der Waals surface area contributed by atoms with Crippen LogP contribution in [0, 0.1) is 0 Å². The molecule has 2 aromatic heterocycles. The number of benzene rings is 1. The van der Waals surface area contributed by atoms with Crippen molar-refractivity contribution >= 4 is 16.8 Å². The molecule has 0 radical (unpaired) electrons. The molecule has 31 heavy (non-hydrogen) atoms. The smallest absolute Gasteiger partial charge is 0.346 e. The van der Waals surface area contributed by atoms with Crippen molar-refractivity contribution in [3.05, 3.63) is 58.4 Å². The van der Waals surface area contributed by atoms with E-state index < -0.39 is 0 Å². The van der Waals surface area contributed by atoms with Crippen molar-refractivity contribution in [2.75, 3.05) is 26.8 Å². The van der Waals surface area contributed by atoms with Gasteiger partial charge in [-0.2, -0.15) is 5.10 Å². The molecule has 5 rings (SSSR count). The van der Waals surface area contributed by atoms with E-state index in [1.165, 1.54) is 4.68 Å². The number of likely N-dealkylation sites (tertiary alicyclic amines) is 1. The normalized spacial score (nSPS) is 19.1. The molecule has 1 amide bonds. The van der Waals surface area contributed by atoms with Crippen molar-refractivity contribution in [2.45, 2.75) is 44.2 Å². The highest BCUT2D eigenvalue weighted by Gasteiger charge is 2.35. The zero-order valence-electron chi connectivity index (χ0n) is 17.7. The van der Waals surface area contributed by atoms with E-state index in [0.717, 1.165) is 42.4 Å². The first kappa shape index (κ1) is 19.9. The lowest BCUT2D eigenvalue weighted by atomic mass is 9.96. The third-order valence-electron chi connectivity index (χ3n) is 6.21. The molecule has 1 saturated heterocycles. The van der Waals surface area contributed by atoms with Crippen LogP contribution in [0.2, 0.25) is 0 Å². The summed E-state index contributed by atoms with van der Waals surface area (Å²) in [7, 11) is 1.62. The van der Waals surface area contributed by atoms with Crippen LogP contribution in [0.25, 0.3) is 10.9 Å². The Morgan fingerprint density at radius 3 is 2.81 bits per heavy atom. The molecule has 0 spiro atoms. The summed E-state index contributed by atoms with van der Waals surface area (Å²) < 4.78 is 8.51. The summed E-state index contributed by atoms with van der Waals surface area (Å²) >= 11 is 0. The highest BCUT2D eigenvalue weighted by Crippen LogP contribution is 2.37. The number of carbonyl (C=O) groups is 1. The molecule has 1 aliphatic carbocycles. The number of methoxy groups -OCH3 is 1. The lowest BCUT2D eigenvalue weighted by Gasteiger charge is -2.32. The van der Waals surface area contributed by atoms with Crippen LogP contribution >= 0.6 is 0 Å². The molecule has 1 saturated carbocycles. The van der Waals surface area contributed by atoms with Gasteiger partial charge in [-0.3, -0.25) is 9.36 Å². The lowest BCUT2D eigenvalue weighted by Crippen LogP contribution is -2.40. The molecule has 1 unspecified atom stereocenters. The number of carbonyl (C=O) groups excluding carboxylic acids is 1. The van der Waals surface area contributed by atoms with E-state index in [0.29, 0.717) is 31.9 Å². The second-order valence-electron chi connectivity index (χ2n) is 8.44.